The summed E-state index contributed by atoms with van der Waals surface area (Å²) >= 11 is 0. The van der Waals surface area contributed by atoms with Gasteiger partial charge in [-0.1, -0.05) is 19.1 Å². The van der Waals surface area contributed by atoms with E-state index in [-0.39, 0.29) is 28.5 Å². The third-order valence-corrected chi connectivity index (χ3v) is 7.80. The third kappa shape index (κ3) is 5.69. The second-order valence-corrected chi connectivity index (χ2v) is 10.6. The lowest BCUT2D eigenvalue weighted by molar-refractivity contribution is -0.198. The number of anilines is 2. The Kier molecular flexibility index (Phi) is 7.34. The summed E-state index contributed by atoms with van der Waals surface area (Å²) in [6.45, 7) is 5.40. The van der Waals surface area contributed by atoms with Gasteiger partial charge in [0.1, 0.15) is 11.9 Å². The molecule has 2 aliphatic rings. The number of aryl methyl sites for hydroxylation is 2. The van der Waals surface area contributed by atoms with E-state index in [2.05, 4.69) is 20.4 Å². The Morgan fingerprint density at radius 2 is 2.00 bits per heavy atom. The van der Waals surface area contributed by atoms with Gasteiger partial charge < -0.3 is 25.8 Å². The highest BCUT2D eigenvalue weighted by atomic mass is 19.4. The molecule has 2 atom stereocenters. The molecule has 0 saturated carbocycles. The molecule has 1 aromatic carbocycles. The van der Waals surface area contributed by atoms with Crippen LogP contribution in [-0.4, -0.2) is 62.7 Å². The number of aliphatic carboxylic acids is 1. The molecule has 3 aromatic rings. The Balaban J connectivity index is 1.41. The lowest BCUT2D eigenvalue weighted by atomic mass is 9.76. The maximum absolute atomic E-state index is 14.5. The number of benzene rings is 1. The number of hydrogen-bond donors (Lipinski definition) is 3. The van der Waals surface area contributed by atoms with E-state index in [1.54, 1.807) is 31.3 Å². The SMILES string of the molecule is CCc1ccc(C(Oc2cc(N3CCC4(CC3)CNC(C(=O)O)C4)nc(N)n2)C(F)(F)F)c(-n2ccc(C)n2)c1. The quantitative estimate of drug-likeness (QED) is 0.395. The largest absolute Gasteiger partial charge is 0.480 e. The predicted octanol–water partition coefficient (Wildman–Crippen LogP) is 3.83. The Bertz CT molecular complexity index is 1390. The van der Waals surface area contributed by atoms with Gasteiger partial charge in [0.15, 0.2) is 0 Å². The fourth-order valence-electron chi connectivity index (χ4n) is 5.54. The third-order valence-electron chi connectivity index (χ3n) is 7.80. The van der Waals surface area contributed by atoms with Crippen molar-refractivity contribution in [2.75, 3.05) is 30.3 Å². The van der Waals surface area contributed by atoms with Crippen molar-refractivity contribution in [1.29, 1.82) is 0 Å². The standard InChI is InChI=1S/C27H32F3N7O3/c1-3-17-4-5-18(20(12-17)37-9-6-16(2)35-37)23(27(28,29)30)40-22-13-21(33-25(31)34-22)36-10-7-26(8-11-36)14-19(24(38)39)32-15-26/h4-6,9,12-13,19,23,32H,3,7-8,10-11,14-15H2,1-2H3,(H,38,39)(H2,31,33,34). The highest BCUT2D eigenvalue weighted by Crippen LogP contribution is 2.42. The summed E-state index contributed by atoms with van der Waals surface area (Å²) < 4.78 is 50.5. The number of piperidine rings is 1. The zero-order chi connectivity index (χ0) is 28.7. The number of halogens is 3. The van der Waals surface area contributed by atoms with Crippen LogP contribution in [0.15, 0.2) is 36.5 Å². The number of carboxylic acids is 1. The first-order valence-corrected chi connectivity index (χ1v) is 13.2. The number of ether oxygens (including phenoxy) is 1. The number of aromatic nitrogens is 4. The van der Waals surface area contributed by atoms with Gasteiger partial charge in [0, 0.05) is 37.5 Å². The van der Waals surface area contributed by atoms with Crippen LogP contribution in [-0.2, 0) is 11.2 Å². The highest BCUT2D eigenvalue weighted by Gasteiger charge is 2.46. The Morgan fingerprint density at radius 3 is 2.60 bits per heavy atom. The summed E-state index contributed by atoms with van der Waals surface area (Å²) in [6.07, 6.45) is -2.87. The molecule has 0 bridgehead atoms. The molecule has 40 heavy (non-hydrogen) atoms. The first kappa shape index (κ1) is 27.7. The molecular weight excluding hydrogens is 527 g/mol. The van der Waals surface area contributed by atoms with Crippen LogP contribution in [0.1, 0.15) is 49.1 Å². The van der Waals surface area contributed by atoms with E-state index in [0.717, 1.165) is 5.56 Å². The summed E-state index contributed by atoms with van der Waals surface area (Å²) in [5, 5.41) is 16.7. The van der Waals surface area contributed by atoms with Gasteiger partial charge in [-0.05, 0) is 55.7 Å². The van der Waals surface area contributed by atoms with Crippen LogP contribution >= 0.6 is 0 Å². The molecule has 0 amide bonds. The minimum absolute atomic E-state index is 0.104. The van der Waals surface area contributed by atoms with E-state index < -0.39 is 24.3 Å². The number of hydrogen-bond acceptors (Lipinski definition) is 8. The van der Waals surface area contributed by atoms with Gasteiger partial charge in [-0.2, -0.15) is 28.2 Å². The highest BCUT2D eigenvalue weighted by molar-refractivity contribution is 5.74. The Hall–Kier alpha value is -3.87. The van der Waals surface area contributed by atoms with Crippen LogP contribution in [0, 0.1) is 12.3 Å². The van der Waals surface area contributed by atoms with Gasteiger partial charge in [0.25, 0.3) is 0 Å². The molecule has 1 spiro atoms. The molecule has 13 heteroatoms. The van der Waals surface area contributed by atoms with Crippen LogP contribution in [0.4, 0.5) is 24.9 Å². The van der Waals surface area contributed by atoms with Crippen molar-refractivity contribution in [1.82, 2.24) is 25.1 Å². The van der Waals surface area contributed by atoms with Crippen LogP contribution < -0.4 is 20.7 Å². The number of nitrogens with two attached hydrogens (primary N) is 1. The van der Waals surface area contributed by atoms with Crippen molar-refractivity contribution in [3.8, 4) is 11.6 Å². The first-order chi connectivity index (χ1) is 19.0. The van der Waals surface area contributed by atoms with Crippen molar-refractivity contribution < 1.29 is 27.8 Å². The molecule has 2 aromatic heterocycles. The van der Waals surface area contributed by atoms with Gasteiger partial charge >= 0.3 is 12.1 Å². The van der Waals surface area contributed by atoms with E-state index in [4.69, 9.17) is 10.5 Å². The van der Waals surface area contributed by atoms with E-state index in [9.17, 15) is 23.1 Å². The maximum Gasteiger partial charge on any atom is 0.429 e. The number of alkyl halides is 3. The van der Waals surface area contributed by atoms with E-state index in [0.29, 0.717) is 56.8 Å². The van der Waals surface area contributed by atoms with Gasteiger partial charge in [0.2, 0.25) is 17.9 Å². The maximum atomic E-state index is 14.5. The normalized spacial score (nSPS) is 19.6. The second kappa shape index (κ2) is 10.6. The minimum Gasteiger partial charge on any atom is -0.480 e. The zero-order valence-electron chi connectivity index (χ0n) is 22.3. The van der Waals surface area contributed by atoms with Crippen molar-refractivity contribution in [3.05, 3.63) is 53.3 Å². The molecule has 214 valence electrons. The lowest BCUT2D eigenvalue weighted by Gasteiger charge is -2.39. The molecule has 4 N–H and O–H groups in total. The van der Waals surface area contributed by atoms with Crippen LogP contribution in [0.2, 0.25) is 0 Å². The smallest absolute Gasteiger partial charge is 0.429 e. The second-order valence-electron chi connectivity index (χ2n) is 10.6. The number of carboxylic acid groups (broad SMARTS) is 1. The number of carbonyl (C=O) groups is 1. The topological polar surface area (TPSA) is 131 Å². The number of nitrogens with zero attached hydrogens (tertiary/aromatic N) is 5. The van der Waals surface area contributed by atoms with Crippen molar-refractivity contribution in [2.45, 2.75) is 57.9 Å². The van der Waals surface area contributed by atoms with Gasteiger partial charge in [0.05, 0.1) is 11.4 Å². The minimum atomic E-state index is -4.77. The van der Waals surface area contributed by atoms with Gasteiger partial charge in [-0.15, -0.1) is 0 Å². The number of rotatable bonds is 7. The molecule has 2 unspecified atom stereocenters. The molecule has 2 saturated heterocycles. The molecule has 0 radical (unpaired) electrons. The summed E-state index contributed by atoms with van der Waals surface area (Å²) in [7, 11) is 0. The summed E-state index contributed by atoms with van der Waals surface area (Å²) in [6, 6.07) is 7.27. The van der Waals surface area contributed by atoms with Crippen LogP contribution in [0.5, 0.6) is 5.88 Å². The zero-order valence-corrected chi connectivity index (χ0v) is 22.3. The molecule has 0 aliphatic carbocycles. The molecule has 2 aliphatic heterocycles. The van der Waals surface area contributed by atoms with Crippen molar-refractivity contribution in [2.24, 2.45) is 5.41 Å². The molecule has 2 fully saturated rings. The average Bonchev–Trinajstić information content (AvgIpc) is 3.53. The first-order valence-electron chi connectivity index (χ1n) is 13.2. The summed E-state index contributed by atoms with van der Waals surface area (Å²) in [4.78, 5) is 21.5. The molecule has 5 rings (SSSR count). The average molecular weight is 560 g/mol. The molecular formula is C27H32F3N7O3. The van der Waals surface area contributed by atoms with E-state index in [1.165, 1.54) is 16.8 Å². The van der Waals surface area contributed by atoms with Crippen molar-refractivity contribution in [3.63, 3.8) is 0 Å². The Labute approximate surface area is 229 Å². The molecule has 4 heterocycles. The molecule has 10 nitrogen and oxygen atoms in total. The lowest BCUT2D eigenvalue weighted by Crippen LogP contribution is -2.41. The summed E-state index contributed by atoms with van der Waals surface area (Å²) in [5.41, 5.74) is 7.47. The Morgan fingerprint density at radius 1 is 1.25 bits per heavy atom. The summed E-state index contributed by atoms with van der Waals surface area (Å²) in [5.74, 6) is -0.991. The van der Waals surface area contributed by atoms with Crippen molar-refractivity contribution >= 4 is 17.7 Å². The van der Waals surface area contributed by atoms with Crippen LogP contribution in [0.3, 0.4) is 0 Å². The fourth-order valence-corrected chi connectivity index (χ4v) is 5.54. The van der Waals surface area contributed by atoms with E-state index >= 15 is 0 Å². The van der Waals surface area contributed by atoms with Crippen LogP contribution in [0.25, 0.3) is 5.69 Å². The van der Waals surface area contributed by atoms with E-state index in [1.807, 2.05) is 11.8 Å². The fraction of sp³-hybridized carbons (Fsp3) is 0.481. The predicted molar refractivity (Wildman–Crippen MR) is 141 cm³/mol. The number of nitrogens with one attached hydrogen (secondary N) is 1. The van der Waals surface area contributed by atoms with Gasteiger partial charge in [-0.25, -0.2) is 4.68 Å². The number of nitrogen functional groups attached to an aromatic ring is 1. The monoisotopic (exact) mass is 559 g/mol. The van der Waals surface area contributed by atoms with Gasteiger partial charge in [-0.3, -0.25) is 4.79 Å².